The van der Waals surface area contributed by atoms with E-state index in [0.29, 0.717) is 29.6 Å². The molecule has 5 rings (SSSR count). The van der Waals surface area contributed by atoms with Gasteiger partial charge in [0.2, 0.25) is 0 Å². The van der Waals surface area contributed by atoms with Crippen LogP contribution in [0, 0.1) is 13.8 Å². The first-order valence-corrected chi connectivity index (χ1v) is 11.5. The van der Waals surface area contributed by atoms with E-state index in [4.69, 9.17) is 24.3 Å². The van der Waals surface area contributed by atoms with Crippen LogP contribution in [-0.4, -0.2) is 49.1 Å². The molecule has 0 unspecified atom stereocenters. The highest BCUT2D eigenvalue weighted by molar-refractivity contribution is 5.99. The average molecular weight is 486 g/mol. The summed E-state index contributed by atoms with van der Waals surface area (Å²) < 4.78 is 14.5. The quantitative estimate of drug-likeness (QED) is 0.241. The number of methoxy groups -OCH3 is 2. The number of ether oxygens (including phenoxy) is 2. The van der Waals surface area contributed by atoms with E-state index in [2.05, 4.69) is 39.7 Å². The number of pyridine rings is 1. The Morgan fingerprint density at radius 1 is 1.06 bits per heavy atom. The number of fused-ring (bicyclic) bond motifs is 3. The van der Waals surface area contributed by atoms with Gasteiger partial charge in [-0.15, -0.1) is 5.10 Å². The highest BCUT2D eigenvalue weighted by Gasteiger charge is 2.18. The summed E-state index contributed by atoms with van der Waals surface area (Å²) in [5.41, 5.74) is 6.52. The predicted octanol–water partition coefficient (Wildman–Crippen LogP) is 4.10. The van der Waals surface area contributed by atoms with Crippen LogP contribution in [0.3, 0.4) is 0 Å². The lowest BCUT2D eigenvalue weighted by atomic mass is 10.1. The minimum Gasteiger partial charge on any atom is -0.493 e. The molecule has 0 bridgehead atoms. The zero-order chi connectivity index (χ0) is 25.2. The van der Waals surface area contributed by atoms with Gasteiger partial charge in [0.1, 0.15) is 12.0 Å². The molecule has 4 heterocycles. The molecule has 1 aromatic carbocycles. The van der Waals surface area contributed by atoms with Crippen LogP contribution < -0.4 is 9.47 Å². The van der Waals surface area contributed by atoms with Crippen molar-refractivity contribution in [2.45, 2.75) is 33.9 Å². The summed E-state index contributed by atoms with van der Waals surface area (Å²) in [6.07, 6.45) is 5.33. The van der Waals surface area contributed by atoms with Gasteiger partial charge in [-0.1, -0.05) is 11.2 Å². The number of hydrogen-bond donors (Lipinski definition) is 0. The summed E-state index contributed by atoms with van der Waals surface area (Å²) in [6.45, 7) is 6.85. The van der Waals surface area contributed by atoms with Crippen LogP contribution in [0.1, 0.15) is 35.1 Å². The number of hydrogen-bond acceptors (Lipinski definition) is 8. The van der Waals surface area contributed by atoms with Crippen LogP contribution in [0.25, 0.3) is 16.7 Å². The summed E-state index contributed by atoms with van der Waals surface area (Å²) >= 11 is 0. The summed E-state index contributed by atoms with van der Waals surface area (Å²) in [5.74, 6) is 1.80. The molecule has 0 fully saturated rings. The van der Waals surface area contributed by atoms with Crippen LogP contribution in [-0.2, 0) is 18.0 Å². The molecule has 10 heteroatoms. The number of aromatic nitrogens is 6. The fourth-order valence-electron chi connectivity index (χ4n) is 4.20. The number of nitrogens with zero attached hydrogens (tertiary/aromatic N) is 7. The van der Waals surface area contributed by atoms with Crippen molar-refractivity contribution in [3.63, 3.8) is 0 Å². The van der Waals surface area contributed by atoms with Crippen LogP contribution >= 0.6 is 0 Å². The van der Waals surface area contributed by atoms with Gasteiger partial charge in [0.15, 0.2) is 29.6 Å². The highest BCUT2D eigenvalue weighted by Crippen LogP contribution is 2.29. The number of benzene rings is 1. The molecule has 36 heavy (non-hydrogen) atoms. The van der Waals surface area contributed by atoms with E-state index in [1.807, 2.05) is 37.4 Å². The van der Waals surface area contributed by atoms with Gasteiger partial charge in [0, 0.05) is 23.7 Å². The molecular formula is C26H27N7O3. The number of oxime groups is 1. The number of aryl methyl sites for hydroxylation is 1. The van der Waals surface area contributed by atoms with Gasteiger partial charge in [-0.3, -0.25) is 4.98 Å². The molecule has 0 saturated heterocycles. The Balaban J connectivity index is 1.40. The topological polar surface area (TPSA) is 101 Å². The van der Waals surface area contributed by atoms with Gasteiger partial charge in [0.05, 0.1) is 31.9 Å². The van der Waals surface area contributed by atoms with E-state index in [-0.39, 0.29) is 6.61 Å². The van der Waals surface area contributed by atoms with Crippen LogP contribution in [0.2, 0.25) is 0 Å². The molecule has 4 aromatic heterocycles. The summed E-state index contributed by atoms with van der Waals surface area (Å²) in [4.78, 5) is 19.3. The van der Waals surface area contributed by atoms with Gasteiger partial charge in [-0.25, -0.2) is 14.5 Å². The molecule has 0 N–H and O–H groups in total. The molecule has 0 spiro atoms. The Labute approximate surface area is 208 Å². The summed E-state index contributed by atoms with van der Waals surface area (Å²) in [6, 6.07) is 9.59. The second-order valence-electron chi connectivity index (χ2n) is 8.42. The largest absolute Gasteiger partial charge is 0.493 e. The average Bonchev–Trinajstić information content (AvgIpc) is 3.42. The third-order valence-corrected chi connectivity index (χ3v) is 6.25. The lowest BCUT2D eigenvalue weighted by Crippen LogP contribution is -2.03. The number of rotatable bonds is 8. The van der Waals surface area contributed by atoms with Crippen LogP contribution in [0.4, 0.5) is 0 Å². The van der Waals surface area contributed by atoms with Gasteiger partial charge in [-0.2, -0.15) is 0 Å². The normalized spacial score (nSPS) is 11.9. The monoisotopic (exact) mass is 485 g/mol. The zero-order valence-electron chi connectivity index (χ0n) is 20.9. The van der Waals surface area contributed by atoms with E-state index in [1.165, 1.54) is 0 Å². The molecule has 0 aliphatic heterocycles. The van der Waals surface area contributed by atoms with Crippen molar-refractivity contribution in [3.8, 4) is 11.5 Å². The van der Waals surface area contributed by atoms with Gasteiger partial charge in [0.25, 0.3) is 0 Å². The van der Waals surface area contributed by atoms with Crippen molar-refractivity contribution in [2.75, 3.05) is 14.2 Å². The molecule has 184 valence electrons. The van der Waals surface area contributed by atoms with E-state index >= 15 is 0 Å². The Kier molecular flexibility index (Phi) is 6.24. The Morgan fingerprint density at radius 2 is 1.89 bits per heavy atom. The van der Waals surface area contributed by atoms with E-state index in [1.54, 1.807) is 31.3 Å². The molecule has 0 radical (unpaired) electrons. The van der Waals surface area contributed by atoms with Crippen molar-refractivity contribution in [1.82, 2.24) is 29.1 Å². The SMILES string of the molecule is COc1ccc(/C(C)=N\OCc2nc3c4c(C)c(C)n(Cc5cccnc5)c4ncn3n2)cc1OC. The Hall–Kier alpha value is -4.47. The van der Waals surface area contributed by atoms with E-state index in [0.717, 1.165) is 39.1 Å². The Morgan fingerprint density at radius 3 is 2.64 bits per heavy atom. The first-order valence-electron chi connectivity index (χ1n) is 11.5. The fraction of sp³-hybridized carbons (Fsp3) is 0.269. The minimum atomic E-state index is 0.127. The lowest BCUT2D eigenvalue weighted by molar-refractivity contribution is 0.125. The van der Waals surface area contributed by atoms with Crippen LogP contribution in [0.5, 0.6) is 11.5 Å². The molecule has 0 saturated carbocycles. The van der Waals surface area contributed by atoms with Gasteiger partial charge in [-0.05, 0) is 56.2 Å². The molecule has 5 aromatic rings. The molecular weight excluding hydrogens is 458 g/mol. The van der Waals surface area contributed by atoms with Crippen molar-refractivity contribution >= 4 is 22.4 Å². The maximum absolute atomic E-state index is 5.59. The molecule has 0 aliphatic rings. The third-order valence-electron chi connectivity index (χ3n) is 6.25. The second kappa shape index (κ2) is 9.65. The van der Waals surface area contributed by atoms with E-state index in [9.17, 15) is 0 Å². The second-order valence-corrected chi connectivity index (χ2v) is 8.42. The maximum Gasteiger partial charge on any atom is 0.192 e. The summed E-state index contributed by atoms with van der Waals surface area (Å²) in [7, 11) is 3.20. The fourth-order valence-corrected chi connectivity index (χ4v) is 4.20. The standard InChI is InChI=1S/C26H27N7O3/c1-16-18(3)32(13-19-7-6-10-27-12-19)25-24(16)26-29-23(30-33(26)15-28-25)14-36-31-17(2)20-8-9-21(34-4)22(11-20)35-5/h6-12,15H,13-14H2,1-5H3/b31-17-. The molecule has 0 aliphatic carbocycles. The maximum atomic E-state index is 5.59. The van der Waals surface area contributed by atoms with Crippen molar-refractivity contribution in [1.29, 1.82) is 0 Å². The molecule has 0 atom stereocenters. The molecule has 10 nitrogen and oxygen atoms in total. The lowest BCUT2D eigenvalue weighted by Gasteiger charge is -2.09. The van der Waals surface area contributed by atoms with Crippen LogP contribution in [0.15, 0.2) is 54.2 Å². The smallest absolute Gasteiger partial charge is 0.192 e. The zero-order valence-corrected chi connectivity index (χ0v) is 20.9. The van der Waals surface area contributed by atoms with Crippen molar-refractivity contribution in [2.24, 2.45) is 5.16 Å². The Bertz CT molecular complexity index is 1570. The highest BCUT2D eigenvalue weighted by atomic mass is 16.6. The van der Waals surface area contributed by atoms with Gasteiger partial charge >= 0.3 is 0 Å². The van der Waals surface area contributed by atoms with E-state index < -0.39 is 0 Å². The van der Waals surface area contributed by atoms with Gasteiger partial charge < -0.3 is 18.9 Å². The first kappa shape index (κ1) is 23.3. The summed E-state index contributed by atoms with van der Waals surface area (Å²) in [5, 5.41) is 9.76. The predicted molar refractivity (Wildman–Crippen MR) is 136 cm³/mol. The van der Waals surface area contributed by atoms with Crippen molar-refractivity contribution < 1.29 is 14.3 Å². The molecule has 0 amide bonds. The van der Waals surface area contributed by atoms with Crippen molar-refractivity contribution in [3.05, 3.63) is 77.3 Å². The minimum absolute atomic E-state index is 0.127. The first-order chi connectivity index (χ1) is 17.5. The third kappa shape index (κ3) is 4.21.